The van der Waals surface area contributed by atoms with Crippen LogP contribution in [0.25, 0.3) is 27.0 Å². The van der Waals surface area contributed by atoms with Crippen LogP contribution in [-0.2, 0) is 21.2 Å². The topological polar surface area (TPSA) is 73.4 Å². The van der Waals surface area contributed by atoms with E-state index in [-0.39, 0.29) is 56.1 Å². The fourth-order valence-corrected chi connectivity index (χ4v) is 7.39. The molecule has 1 saturated carbocycles. The number of nitrogens with zero attached hydrogens (tertiary/aromatic N) is 3. The van der Waals surface area contributed by atoms with Gasteiger partial charge in [0.05, 0.1) is 22.9 Å². The first-order chi connectivity index (χ1) is 19.5. The SMILES string of the molecule is [C-]#[N+]c1cc(F)c(C[C@@H]2CCC[C@H](CC(C)=O)C2)nc1-c1cn(S(=O)(=O)c2ccc(C)cc2)c2c(F)cc(C)cc12. The highest BCUT2D eigenvalue weighted by Gasteiger charge is 2.28. The van der Waals surface area contributed by atoms with Gasteiger partial charge in [-0.15, -0.1) is 0 Å². The van der Waals surface area contributed by atoms with Crippen molar-refractivity contribution in [2.24, 2.45) is 11.8 Å². The van der Waals surface area contributed by atoms with E-state index in [1.165, 1.54) is 24.4 Å². The molecule has 2 heterocycles. The maximum atomic E-state index is 15.5. The third-order valence-electron chi connectivity index (χ3n) is 7.90. The molecule has 0 N–H and O–H groups in total. The Morgan fingerprint density at radius 2 is 1.76 bits per heavy atom. The van der Waals surface area contributed by atoms with E-state index in [0.717, 1.165) is 41.3 Å². The van der Waals surface area contributed by atoms with E-state index in [0.29, 0.717) is 18.4 Å². The molecule has 9 heteroatoms. The smallest absolute Gasteiger partial charge is 0.268 e. The number of hydrogen-bond acceptors (Lipinski definition) is 4. The predicted octanol–water partition coefficient (Wildman–Crippen LogP) is 7.71. The van der Waals surface area contributed by atoms with Gasteiger partial charge < -0.3 is 4.79 Å². The lowest BCUT2D eigenvalue weighted by Crippen LogP contribution is -2.20. The van der Waals surface area contributed by atoms with Crippen LogP contribution in [0.1, 0.15) is 55.8 Å². The summed E-state index contributed by atoms with van der Waals surface area (Å²) < 4.78 is 59.1. The fraction of sp³-hybridized carbons (Fsp3) is 0.344. The molecule has 0 unspecified atom stereocenters. The lowest BCUT2D eigenvalue weighted by atomic mass is 9.77. The van der Waals surface area contributed by atoms with Crippen LogP contribution in [-0.4, -0.2) is 23.2 Å². The van der Waals surface area contributed by atoms with Gasteiger partial charge in [-0.25, -0.2) is 26.0 Å². The van der Waals surface area contributed by atoms with Gasteiger partial charge in [-0.1, -0.05) is 37.0 Å². The van der Waals surface area contributed by atoms with Crippen molar-refractivity contribution < 1.29 is 22.0 Å². The van der Waals surface area contributed by atoms with E-state index in [9.17, 15) is 13.2 Å². The van der Waals surface area contributed by atoms with E-state index in [1.54, 1.807) is 32.0 Å². The van der Waals surface area contributed by atoms with Crippen LogP contribution in [0.3, 0.4) is 0 Å². The summed E-state index contributed by atoms with van der Waals surface area (Å²) in [7, 11) is -4.21. The number of ketones is 1. The average Bonchev–Trinajstić information content (AvgIpc) is 3.30. The standard InChI is InChI=1S/C32H31F2N3O3S/c1-19-8-10-24(11-9-19)41(39,40)37-18-26(25-12-20(2)13-28(34)32(25)37)31-30(35-4)17-27(33)29(36-31)16-23-7-5-6-22(15-23)14-21(3)38/h8-13,17-18,22-23H,5-7,14-16H2,1-3H3/t22-,23-/m1/s1. The number of hydrogen-bond donors (Lipinski definition) is 0. The van der Waals surface area contributed by atoms with Gasteiger partial charge in [0, 0.05) is 23.6 Å². The molecule has 5 rings (SSSR count). The van der Waals surface area contributed by atoms with E-state index in [1.807, 2.05) is 6.92 Å². The molecule has 0 saturated heterocycles. The highest BCUT2D eigenvalue weighted by Crippen LogP contribution is 2.40. The van der Waals surface area contributed by atoms with Gasteiger partial charge in [-0.3, -0.25) is 4.98 Å². The van der Waals surface area contributed by atoms with Gasteiger partial charge in [-0.2, -0.15) is 0 Å². The summed E-state index contributed by atoms with van der Waals surface area (Å²) in [6.45, 7) is 12.8. The Labute approximate surface area is 238 Å². The molecule has 0 aliphatic heterocycles. The molecule has 2 aromatic carbocycles. The van der Waals surface area contributed by atoms with Crippen LogP contribution >= 0.6 is 0 Å². The number of pyridine rings is 1. The number of benzene rings is 2. The predicted molar refractivity (Wildman–Crippen MR) is 154 cm³/mol. The third-order valence-corrected chi connectivity index (χ3v) is 9.57. The third kappa shape index (κ3) is 5.66. The summed E-state index contributed by atoms with van der Waals surface area (Å²) in [5.74, 6) is -0.806. The summed E-state index contributed by atoms with van der Waals surface area (Å²) in [4.78, 5) is 19.7. The number of aromatic nitrogens is 2. The highest BCUT2D eigenvalue weighted by molar-refractivity contribution is 7.90. The molecular formula is C32H31F2N3O3S. The minimum atomic E-state index is -4.21. The molecule has 6 nitrogen and oxygen atoms in total. The molecule has 1 aliphatic rings. The van der Waals surface area contributed by atoms with E-state index < -0.39 is 21.7 Å². The Morgan fingerprint density at radius 1 is 1.05 bits per heavy atom. The van der Waals surface area contributed by atoms with E-state index in [4.69, 9.17) is 6.57 Å². The lowest BCUT2D eigenvalue weighted by Gasteiger charge is -2.28. The van der Waals surface area contributed by atoms with Crippen molar-refractivity contribution in [3.8, 4) is 11.3 Å². The molecule has 0 bridgehead atoms. The van der Waals surface area contributed by atoms with E-state index >= 15 is 8.78 Å². The van der Waals surface area contributed by atoms with Gasteiger partial charge in [0.15, 0.2) is 0 Å². The Kier molecular flexibility index (Phi) is 7.80. The number of Topliss-reactive ketones (excluding diaryl/α,β-unsaturated/α-hetero) is 1. The molecule has 1 fully saturated rings. The van der Waals surface area contributed by atoms with E-state index in [2.05, 4.69) is 9.83 Å². The number of rotatable bonds is 7. The van der Waals surface area contributed by atoms with Gasteiger partial charge in [0.25, 0.3) is 10.0 Å². The number of aryl methyl sites for hydroxylation is 2. The Hall–Kier alpha value is -3.90. The first-order valence-electron chi connectivity index (χ1n) is 13.7. The second-order valence-electron chi connectivity index (χ2n) is 11.2. The quantitative estimate of drug-likeness (QED) is 0.212. The molecule has 41 heavy (non-hydrogen) atoms. The number of carbonyl (C=O) groups excluding carboxylic acids is 1. The van der Waals surface area contributed by atoms with Crippen LogP contribution in [0.2, 0.25) is 0 Å². The second-order valence-corrected chi connectivity index (χ2v) is 13.0. The van der Waals surface area contributed by atoms with Crippen LogP contribution in [0, 0.1) is 43.9 Å². The number of halogens is 2. The molecule has 0 radical (unpaired) electrons. The van der Waals surface area contributed by atoms with Crippen molar-refractivity contribution in [2.45, 2.75) is 64.2 Å². The molecule has 4 aromatic rings. The summed E-state index contributed by atoms with van der Waals surface area (Å²) in [5, 5.41) is 0.271. The Morgan fingerprint density at radius 3 is 2.44 bits per heavy atom. The summed E-state index contributed by atoms with van der Waals surface area (Å²) in [5.41, 5.74) is 1.72. The summed E-state index contributed by atoms with van der Waals surface area (Å²) in [6, 6.07) is 10.3. The fourth-order valence-electron chi connectivity index (χ4n) is 6.01. The highest BCUT2D eigenvalue weighted by atomic mass is 32.2. The lowest BCUT2D eigenvalue weighted by molar-refractivity contribution is -0.118. The second kappa shape index (κ2) is 11.2. The molecule has 0 spiro atoms. The van der Waals surface area contributed by atoms with Crippen molar-refractivity contribution in [3.63, 3.8) is 0 Å². The van der Waals surface area contributed by atoms with Crippen LogP contribution in [0.4, 0.5) is 14.5 Å². The van der Waals surface area contributed by atoms with Crippen molar-refractivity contribution >= 4 is 32.4 Å². The van der Waals surface area contributed by atoms with Gasteiger partial charge >= 0.3 is 0 Å². The molecular weight excluding hydrogens is 544 g/mol. The summed E-state index contributed by atoms with van der Waals surface area (Å²) >= 11 is 0. The largest absolute Gasteiger partial charge is 0.300 e. The van der Waals surface area contributed by atoms with Crippen molar-refractivity contribution in [1.82, 2.24) is 8.96 Å². The minimum absolute atomic E-state index is 0.0119. The molecule has 2 aromatic heterocycles. The first-order valence-corrected chi connectivity index (χ1v) is 15.1. The van der Waals surface area contributed by atoms with Crippen molar-refractivity contribution in [2.75, 3.05) is 0 Å². The summed E-state index contributed by atoms with van der Waals surface area (Å²) in [6.07, 6.45) is 5.71. The zero-order chi connectivity index (χ0) is 29.5. The maximum absolute atomic E-state index is 15.5. The molecule has 212 valence electrons. The zero-order valence-corrected chi connectivity index (χ0v) is 24.1. The number of carbonyl (C=O) groups is 1. The molecule has 1 aliphatic carbocycles. The van der Waals surface area contributed by atoms with Crippen LogP contribution in [0.15, 0.2) is 53.6 Å². The molecule has 2 atom stereocenters. The maximum Gasteiger partial charge on any atom is 0.268 e. The van der Waals surface area contributed by atoms with Crippen molar-refractivity contribution in [3.05, 3.63) is 88.5 Å². The number of fused-ring (bicyclic) bond motifs is 1. The zero-order valence-electron chi connectivity index (χ0n) is 23.2. The average molecular weight is 576 g/mol. The van der Waals surface area contributed by atoms with Crippen molar-refractivity contribution in [1.29, 1.82) is 0 Å². The Balaban J connectivity index is 1.65. The van der Waals surface area contributed by atoms with Crippen LogP contribution in [0.5, 0.6) is 0 Å². The van der Waals surface area contributed by atoms with Gasteiger partial charge in [0.2, 0.25) is 5.69 Å². The monoisotopic (exact) mass is 575 g/mol. The first kappa shape index (κ1) is 28.6. The molecule has 0 amide bonds. The minimum Gasteiger partial charge on any atom is -0.300 e. The normalized spacial score (nSPS) is 17.5. The van der Waals surface area contributed by atoms with Gasteiger partial charge in [-0.05, 0) is 81.3 Å². The van der Waals surface area contributed by atoms with Crippen LogP contribution < -0.4 is 0 Å². The van der Waals surface area contributed by atoms with Gasteiger partial charge in [0.1, 0.15) is 22.9 Å². The Bertz CT molecular complexity index is 1800.